The third-order valence-electron chi connectivity index (χ3n) is 14.8. The summed E-state index contributed by atoms with van der Waals surface area (Å²) < 4.78 is 79.9. The number of aliphatic hydroxyl groups is 20. The van der Waals surface area contributed by atoms with Gasteiger partial charge in [0.25, 0.3) is 0 Å². The van der Waals surface area contributed by atoms with Crippen LogP contribution in [0.25, 0.3) is 0 Å². The highest BCUT2D eigenvalue weighted by Crippen LogP contribution is 2.39. The second-order valence-corrected chi connectivity index (χ2v) is 19.7. The van der Waals surface area contributed by atoms with Gasteiger partial charge in [-0.05, 0) is 0 Å². The fourth-order valence-corrected chi connectivity index (χ4v) is 10.5. The average molecular weight is 1130 g/mol. The van der Waals surface area contributed by atoms with E-state index in [1.807, 2.05) is 0 Å². The lowest BCUT2D eigenvalue weighted by atomic mass is 9.95. The van der Waals surface area contributed by atoms with Crippen LogP contribution >= 0.6 is 0 Å². The Morgan fingerprint density at radius 2 is 0.325 bits per heavy atom. The fraction of sp³-hybridized carbons (Fsp3) is 1.00. The van der Waals surface area contributed by atoms with Crippen LogP contribution in [0.15, 0.2) is 0 Å². The maximum Gasteiger partial charge on any atom is 0.187 e. The highest BCUT2D eigenvalue weighted by Gasteiger charge is 2.59. The Morgan fingerprint density at radius 3 is 0.455 bits per heavy atom. The lowest BCUT2D eigenvalue weighted by Gasteiger charge is -2.50. The topological polar surface area (TPSA) is 560 Å². The van der Waals surface area contributed by atoms with E-state index >= 15 is 0 Å². The van der Waals surface area contributed by atoms with Gasteiger partial charge in [-0.2, -0.15) is 0 Å². The molecule has 21 rings (SSSR count). The van der Waals surface area contributed by atoms with Crippen LogP contribution in [0, 0.1) is 0 Å². The smallest absolute Gasteiger partial charge is 0.187 e. The average Bonchev–Trinajstić information content (AvgIpc) is 3.45. The van der Waals surface area contributed by atoms with Gasteiger partial charge >= 0.3 is 0 Å². The summed E-state index contributed by atoms with van der Waals surface area (Å²) >= 11 is 0. The normalized spacial score (nSPS) is 55.4. The molecule has 0 aromatic carbocycles. The standard InChI is InChI=1S/C42H71NO34/c43-1-8-29-15(50)22(57)36(64-8)72-30-9(2-44)66-38(24(59)17(30)52)74-32-11(4-46)68-40(26(61)19(32)54)76-34-13(6-48)70-42(28(63)21(34)56)77-35-14(7-49)69-41(27(62)20(35)55)75-33-12(5-47)67-39(25(60)18(33)53)73-31-10(3-45)65-37(71-29)23(58)16(31)51/h8-42,44-63H,1-7,43H2/t8-,9+,10+,11-,12+,13+,14+,15+,16-,17-,18+,19+,20+,21+,22-,23-,24-,25+,26+,27+,28+,29+,30+,31+,32+,33+,34+,35+,36+,37+,38+,39+,40+,41+,42+/m0/s1. The van der Waals surface area contributed by atoms with Crippen LogP contribution in [0.5, 0.6) is 0 Å². The van der Waals surface area contributed by atoms with Gasteiger partial charge in [0.05, 0.1) is 39.6 Å². The molecular weight excluding hydrogens is 1060 g/mol. The van der Waals surface area contributed by atoms with Crippen LogP contribution < -0.4 is 5.73 Å². The van der Waals surface area contributed by atoms with Crippen LogP contribution in [-0.4, -0.2) is 363 Å². The first kappa shape index (κ1) is 61.7. The van der Waals surface area contributed by atoms with Crippen molar-refractivity contribution in [2.75, 3.05) is 46.2 Å². The molecule has 35 nitrogen and oxygen atoms in total. The number of aliphatic hydroxyl groups excluding tert-OH is 20. The minimum Gasteiger partial charge on any atom is -0.394 e. The summed E-state index contributed by atoms with van der Waals surface area (Å²) in [6, 6.07) is 0. The first-order valence-electron chi connectivity index (χ1n) is 24.7. The third kappa shape index (κ3) is 12.1. The SMILES string of the molecule is NC[C@@H]1O[C@@H]2O[C@H]3[C@@H](O)[C@H](O)[C@@H](O[C@H]4[C@H](O)[C@@H](O)[C@@H](O[C@H]5[C@H](O)[C@@H](O)[C@@H](O[C@H]6[C@H](O)[C@@H](O)[C@@H](O[C@H]7[C@H](O)[C@@H](O)[C@@H](O[C@H]8[C@@H](O)[C@H](O)[C@@H](O[C@H]1[C@H](O)[C@@H]2O)O[C@@H]8CO)O[C@@H]7CO)O[C@@H]6CO)O[C@@H]5CO)O[C@H]4CO)O[C@@H]3CO. The second kappa shape index (κ2) is 26.0. The summed E-state index contributed by atoms with van der Waals surface area (Å²) in [4.78, 5) is 0. The first-order chi connectivity index (χ1) is 36.7. The molecule has 0 amide bonds. The second-order valence-electron chi connectivity index (χ2n) is 19.7. The van der Waals surface area contributed by atoms with Gasteiger partial charge in [0.2, 0.25) is 0 Å². The highest BCUT2D eigenvalue weighted by molar-refractivity contribution is 5.02. The third-order valence-corrected chi connectivity index (χ3v) is 14.8. The molecule has 21 aliphatic heterocycles. The molecule has 14 bridgehead atoms. The van der Waals surface area contributed by atoms with E-state index in [0.29, 0.717) is 0 Å². The number of nitrogens with two attached hydrogens (primary N) is 1. The van der Waals surface area contributed by atoms with Crippen molar-refractivity contribution in [3.8, 4) is 0 Å². The van der Waals surface area contributed by atoms with Crippen molar-refractivity contribution < 1.29 is 168 Å². The maximum absolute atomic E-state index is 11.4. The zero-order valence-electron chi connectivity index (χ0n) is 40.4. The van der Waals surface area contributed by atoms with Crippen molar-refractivity contribution in [1.29, 1.82) is 0 Å². The van der Waals surface area contributed by atoms with Crippen molar-refractivity contribution in [2.24, 2.45) is 5.73 Å². The van der Waals surface area contributed by atoms with Crippen molar-refractivity contribution >= 4 is 0 Å². The van der Waals surface area contributed by atoms with Crippen LogP contribution in [0.4, 0.5) is 0 Å². The van der Waals surface area contributed by atoms with E-state index in [1.165, 1.54) is 0 Å². The van der Waals surface area contributed by atoms with Gasteiger partial charge in [-0.25, -0.2) is 0 Å². The molecule has 0 spiro atoms. The monoisotopic (exact) mass is 1130 g/mol. The van der Waals surface area contributed by atoms with Gasteiger partial charge < -0.3 is 174 Å². The maximum atomic E-state index is 11.4. The molecule has 448 valence electrons. The molecule has 77 heavy (non-hydrogen) atoms. The number of hydrogen-bond acceptors (Lipinski definition) is 35. The lowest BCUT2D eigenvalue weighted by molar-refractivity contribution is -0.396. The van der Waals surface area contributed by atoms with E-state index in [9.17, 15) is 102 Å². The predicted octanol–water partition coefficient (Wildman–Crippen LogP) is -15.3. The summed E-state index contributed by atoms with van der Waals surface area (Å²) in [6.07, 6.45) is -69.2. The van der Waals surface area contributed by atoms with Gasteiger partial charge in [0, 0.05) is 6.54 Å². The van der Waals surface area contributed by atoms with Crippen molar-refractivity contribution in [2.45, 2.75) is 215 Å². The van der Waals surface area contributed by atoms with E-state index in [4.69, 9.17) is 72.0 Å². The van der Waals surface area contributed by atoms with E-state index in [1.54, 1.807) is 0 Å². The van der Waals surface area contributed by atoms with E-state index in [-0.39, 0.29) is 0 Å². The highest BCUT2D eigenvalue weighted by atomic mass is 16.8. The van der Waals surface area contributed by atoms with E-state index in [0.717, 1.165) is 0 Å². The molecule has 0 radical (unpaired) electrons. The molecule has 0 aromatic rings. The summed E-state index contributed by atoms with van der Waals surface area (Å²) in [7, 11) is 0. The van der Waals surface area contributed by atoms with Crippen molar-refractivity contribution in [3.05, 3.63) is 0 Å². The van der Waals surface area contributed by atoms with Gasteiger partial charge in [0.1, 0.15) is 171 Å². The molecule has 0 aromatic heterocycles. The molecule has 21 saturated heterocycles. The Morgan fingerprint density at radius 1 is 0.195 bits per heavy atom. The van der Waals surface area contributed by atoms with E-state index in [2.05, 4.69) is 0 Å². The zero-order chi connectivity index (χ0) is 56.1. The van der Waals surface area contributed by atoms with Gasteiger partial charge in [0.15, 0.2) is 44.0 Å². The summed E-state index contributed by atoms with van der Waals surface area (Å²) in [6.45, 7) is -6.75. The number of hydrogen-bond donors (Lipinski definition) is 21. The largest absolute Gasteiger partial charge is 0.394 e. The molecule has 22 N–H and O–H groups in total. The Hall–Kier alpha value is -1.40. The van der Waals surface area contributed by atoms with E-state index < -0.39 is 261 Å². The molecular formula is C42H71NO34. The summed E-state index contributed by atoms with van der Waals surface area (Å²) in [5, 5.41) is 220. The molecule has 0 unspecified atom stereocenters. The number of rotatable bonds is 7. The van der Waals surface area contributed by atoms with Crippen LogP contribution in [0.2, 0.25) is 0 Å². The summed E-state index contributed by atoms with van der Waals surface area (Å²) in [5.74, 6) is 0. The van der Waals surface area contributed by atoms with Gasteiger partial charge in [-0.3, -0.25) is 0 Å². The molecule has 35 atom stereocenters. The van der Waals surface area contributed by atoms with Crippen molar-refractivity contribution in [3.63, 3.8) is 0 Å². The Labute approximate surface area is 434 Å². The molecule has 35 heteroatoms. The minimum absolute atomic E-state index is 0.547. The number of ether oxygens (including phenoxy) is 14. The molecule has 0 aliphatic carbocycles. The van der Waals surface area contributed by atoms with Gasteiger partial charge in [-0.15, -0.1) is 0 Å². The first-order valence-corrected chi connectivity index (χ1v) is 24.7. The van der Waals surface area contributed by atoms with Crippen LogP contribution in [0.1, 0.15) is 0 Å². The zero-order valence-corrected chi connectivity index (χ0v) is 40.4. The Kier molecular flexibility index (Phi) is 20.8. The quantitative estimate of drug-likeness (QED) is 0.113. The fourth-order valence-electron chi connectivity index (χ4n) is 10.5. The molecule has 21 aliphatic rings. The van der Waals surface area contributed by atoms with Gasteiger partial charge in [-0.1, -0.05) is 0 Å². The molecule has 21 heterocycles. The van der Waals surface area contributed by atoms with Crippen LogP contribution in [0.3, 0.4) is 0 Å². The summed E-state index contributed by atoms with van der Waals surface area (Å²) in [5.41, 5.74) is 5.94. The molecule has 0 saturated carbocycles. The minimum atomic E-state index is -2.20. The van der Waals surface area contributed by atoms with Crippen molar-refractivity contribution in [1.82, 2.24) is 0 Å². The predicted molar refractivity (Wildman–Crippen MR) is 230 cm³/mol. The molecule has 21 fully saturated rings. The van der Waals surface area contributed by atoms with Crippen LogP contribution in [-0.2, 0) is 66.3 Å². The Balaban J connectivity index is 1.08. The lowest BCUT2D eigenvalue weighted by Crippen LogP contribution is -2.68. The Bertz CT molecular complexity index is 1470.